The molecule has 22 heavy (non-hydrogen) atoms. The summed E-state index contributed by atoms with van der Waals surface area (Å²) >= 11 is 0. The lowest BCUT2D eigenvalue weighted by molar-refractivity contribution is -0.384. The van der Waals surface area contributed by atoms with Crippen LogP contribution in [0.25, 0.3) is 0 Å². The SMILES string of the molecule is C[C@H](c1ccccc1)N(C)S(=O)(=O)c1ccc([N+](=O)[O-])cc1. The van der Waals surface area contributed by atoms with Crippen LogP contribution in [-0.2, 0) is 10.0 Å². The van der Waals surface area contributed by atoms with Crippen LogP contribution in [0.4, 0.5) is 5.69 Å². The number of nitro groups is 1. The predicted molar refractivity (Wildman–Crippen MR) is 82.9 cm³/mol. The highest BCUT2D eigenvalue weighted by atomic mass is 32.2. The van der Waals surface area contributed by atoms with Crippen molar-refractivity contribution in [2.75, 3.05) is 7.05 Å². The lowest BCUT2D eigenvalue weighted by Gasteiger charge is -2.24. The molecule has 0 heterocycles. The molecule has 116 valence electrons. The predicted octanol–water partition coefficient (Wildman–Crippen LogP) is 2.98. The highest BCUT2D eigenvalue weighted by Gasteiger charge is 2.26. The van der Waals surface area contributed by atoms with Crippen LogP contribution >= 0.6 is 0 Å². The maximum absolute atomic E-state index is 12.6. The Morgan fingerprint density at radius 3 is 2.09 bits per heavy atom. The smallest absolute Gasteiger partial charge is 0.258 e. The van der Waals surface area contributed by atoms with Crippen molar-refractivity contribution < 1.29 is 13.3 Å². The summed E-state index contributed by atoms with van der Waals surface area (Å²) in [5.41, 5.74) is 0.730. The summed E-state index contributed by atoms with van der Waals surface area (Å²) in [7, 11) is -2.22. The van der Waals surface area contributed by atoms with Crippen LogP contribution in [0.5, 0.6) is 0 Å². The molecule has 1 atom stereocenters. The minimum Gasteiger partial charge on any atom is -0.258 e. The molecule has 0 bridgehead atoms. The molecule has 0 saturated carbocycles. The summed E-state index contributed by atoms with van der Waals surface area (Å²) in [5.74, 6) is 0. The molecule has 2 rings (SSSR count). The van der Waals surface area contributed by atoms with Gasteiger partial charge >= 0.3 is 0 Å². The van der Waals surface area contributed by atoms with Crippen molar-refractivity contribution in [3.63, 3.8) is 0 Å². The van der Waals surface area contributed by atoms with Gasteiger partial charge in [-0.3, -0.25) is 10.1 Å². The van der Waals surface area contributed by atoms with Crippen LogP contribution in [0.1, 0.15) is 18.5 Å². The van der Waals surface area contributed by atoms with Crippen LogP contribution in [0.2, 0.25) is 0 Å². The minimum atomic E-state index is -3.72. The van der Waals surface area contributed by atoms with E-state index >= 15 is 0 Å². The summed E-state index contributed by atoms with van der Waals surface area (Å²) in [4.78, 5) is 10.1. The molecule has 0 aliphatic carbocycles. The van der Waals surface area contributed by atoms with Crippen molar-refractivity contribution in [2.24, 2.45) is 0 Å². The third-order valence-corrected chi connectivity index (χ3v) is 5.49. The van der Waals surface area contributed by atoms with E-state index in [1.807, 2.05) is 30.3 Å². The zero-order valence-corrected chi connectivity index (χ0v) is 13.0. The average molecular weight is 320 g/mol. The van der Waals surface area contributed by atoms with Gasteiger partial charge in [0, 0.05) is 25.2 Å². The topological polar surface area (TPSA) is 80.5 Å². The summed E-state index contributed by atoms with van der Waals surface area (Å²) in [6.45, 7) is 1.79. The van der Waals surface area contributed by atoms with Gasteiger partial charge in [0.05, 0.1) is 9.82 Å². The van der Waals surface area contributed by atoms with Gasteiger partial charge in [-0.1, -0.05) is 30.3 Å². The fraction of sp³-hybridized carbons (Fsp3) is 0.200. The quantitative estimate of drug-likeness (QED) is 0.626. The van der Waals surface area contributed by atoms with Crippen molar-refractivity contribution in [1.82, 2.24) is 4.31 Å². The summed E-state index contributed by atoms with van der Waals surface area (Å²) in [6, 6.07) is 13.8. The number of benzene rings is 2. The van der Waals surface area contributed by atoms with Gasteiger partial charge in [0.25, 0.3) is 5.69 Å². The van der Waals surface area contributed by atoms with Crippen LogP contribution in [-0.4, -0.2) is 24.7 Å². The summed E-state index contributed by atoms with van der Waals surface area (Å²) in [5, 5.41) is 10.6. The maximum Gasteiger partial charge on any atom is 0.269 e. The number of hydrogen-bond acceptors (Lipinski definition) is 4. The largest absolute Gasteiger partial charge is 0.269 e. The number of rotatable bonds is 5. The highest BCUT2D eigenvalue weighted by molar-refractivity contribution is 7.89. The normalized spacial score (nSPS) is 13.0. The number of hydrogen-bond donors (Lipinski definition) is 0. The zero-order chi connectivity index (χ0) is 16.3. The molecule has 0 spiro atoms. The van der Waals surface area contributed by atoms with E-state index in [1.165, 1.54) is 35.6 Å². The Kier molecular flexibility index (Phi) is 4.58. The second-order valence-electron chi connectivity index (χ2n) is 4.86. The molecule has 0 fully saturated rings. The van der Waals surface area contributed by atoms with Crippen LogP contribution in [0, 0.1) is 10.1 Å². The first-order valence-corrected chi connectivity index (χ1v) is 8.05. The Balaban J connectivity index is 2.31. The first-order chi connectivity index (χ1) is 10.3. The second kappa shape index (κ2) is 6.25. The molecule has 2 aromatic rings. The van der Waals surface area contributed by atoms with E-state index in [1.54, 1.807) is 6.92 Å². The fourth-order valence-corrected chi connectivity index (χ4v) is 3.41. The lowest BCUT2D eigenvalue weighted by atomic mass is 10.1. The number of nitro benzene ring substituents is 1. The molecule has 0 unspecified atom stereocenters. The molecular formula is C15H16N2O4S. The third kappa shape index (κ3) is 3.15. The first-order valence-electron chi connectivity index (χ1n) is 6.61. The van der Waals surface area contributed by atoms with Gasteiger partial charge in [0.15, 0.2) is 0 Å². The number of non-ortho nitro benzene ring substituents is 1. The van der Waals surface area contributed by atoms with Gasteiger partial charge in [-0.25, -0.2) is 8.42 Å². The Labute approximate surface area is 129 Å². The molecule has 2 aromatic carbocycles. The van der Waals surface area contributed by atoms with E-state index in [0.29, 0.717) is 0 Å². The van der Waals surface area contributed by atoms with Crippen molar-refractivity contribution in [1.29, 1.82) is 0 Å². The molecule has 0 aromatic heterocycles. The molecule has 0 aliphatic heterocycles. The average Bonchev–Trinajstić information content (AvgIpc) is 2.54. The zero-order valence-electron chi connectivity index (χ0n) is 12.2. The van der Waals surface area contributed by atoms with Gasteiger partial charge in [-0.15, -0.1) is 0 Å². The Bertz CT molecular complexity index is 758. The Hall–Kier alpha value is -2.25. The van der Waals surface area contributed by atoms with Crippen LogP contribution < -0.4 is 0 Å². The van der Waals surface area contributed by atoms with Crippen LogP contribution in [0.15, 0.2) is 59.5 Å². The highest BCUT2D eigenvalue weighted by Crippen LogP contribution is 2.26. The molecule has 0 radical (unpaired) electrons. The van der Waals surface area contributed by atoms with Gasteiger partial charge in [0.1, 0.15) is 0 Å². The molecule has 7 heteroatoms. The first kappa shape index (κ1) is 16.1. The van der Waals surface area contributed by atoms with Crippen molar-refractivity contribution in [3.8, 4) is 0 Å². The molecule has 0 aliphatic rings. The van der Waals surface area contributed by atoms with Crippen LogP contribution in [0.3, 0.4) is 0 Å². The molecule has 0 N–H and O–H groups in total. The number of nitrogens with zero attached hydrogens (tertiary/aromatic N) is 2. The van der Waals surface area contributed by atoms with Gasteiger partial charge in [-0.05, 0) is 24.6 Å². The van der Waals surface area contributed by atoms with E-state index in [2.05, 4.69) is 0 Å². The fourth-order valence-electron chi connectivity index (χ4n) is 2.06. The van der Waals surface area contributed by atoms with Gasteiger partial charge in [-0.2, -0.15) is 4.31 Å². The van der Waals surface area contributed by atoms with Crippen molar-refractivity contribution in [3.05, 3.63) is 70.3 Å². The molecule has 0 saturated heterocycles. The van der Waals surface area contributed by atoms with E-state index in [-0.39, 0.29) is 16.6 Å². The van der Waals surface area contributed by atoms with Gasteiger partial charge < -0.3 is 0 Å². The van der Waals surface area contributed by atoms with Crippen molar-refractivity contribution >= 4 is 15.7 Å². The second-order valence-corrected chi connectivity index (χ2v) is 6.86. The van der Waals surface area contributed by atoms with E-state index in [0.717, 1.165) is 5.56 Å². The van der Waals surface area contributed by atoms with E-state index in [4.69, 9.17) is 0 Å². The van der Waals surface area contributed by atoms with E-state index < -0.39 is 14.9 Å². The number of sulfonamides is 1. The monoisotopic (exact) mass is 320 g/mol. The minimum absolute atomic E-state index is 0.0309. The Morgan fingerprint density at radius 2 is 1.59 bits per heavy atom. The standard InChI is InChI=1S/C15H16N2O4S/c1-12(13-6-4-3-5-7-13)16(2)22(20,21)15-10-8-14(9-11-15)17(18)19/h3-12H,1-2H3/t12-/m1/s1. The molecule has 0 amide bonds. The van der Waals surface area contributed by atoms with E-state index in [9.17, 15) is 18.5 Å². The lowest BCUT2D eigenvalue weighted by Crippen LogP contribution is -2.29. The third-order valence-electron chi connectivity index (χ3n) is 3.55. The summed E-state index contributed by atoms with van der Waals surface area (Å²) in [6.07, 6.45) is 0. The van der Waals surface area contributed by atoms with Crippen molar-refractivity contribution in [2.45, 2.75) is 17.9 Å². The molecule has 6 nitrogen and oxygen atoms in total. The Morgan fingerprint density at radius 1 is 1.05 bits per heavy atom. The summed E-state index contributed by atoms with van der Waals surface area (Å²) < 4.78 is 26.4. The molecular weight excluding hydrogens is 304 g/mol. The van der Waals surface area contributed by atoms with Gasteiger partial charge in [0.2, 0.25) is 10.0 Å². The maximum atomic E-state index is 12.6.